The second kappa shape index (κ2) is 10.7. The third kappa shape index (κ3) is 4.84. The normalized spacial score (nSPS) is 19.7. The van der Waals surface area contributed by atoms with Crippen LogP contribution < -0.4 is 0 Å². The van der Waals surface area contributed by atoms with Gasteiger partial charge < -0.3 is 14.2 Å². The maximum atomic E-state index is 14.5. The van der Waals surface area contributed by atoms with Crippen LogP contribution in [0.2, 0.25) is 0 Å². The number of terminal acetylenes is 1. The molecule has 8 heteroatoms. The van der Waals surface area contributed by atoms with Crippen LogP contribution in [0.5, 0.6) is 0 Å². The fourth-order valence-corrected chi connectivity index (χ4v) is 4.41. The topological polar surface area (TPSA) is 75.5 Å². The molecule has 7 nitrogen and oxygen atoms in total. The molecule has 1 aliphatic rings. The summed E-state index contributed by atoms with van der Waals surface area (Å²) in [4.78, 5) is 13.1. The van der Waals surface area contributed by atoms with Crippen LogP contribution >= 0.6 is 0 Å². The number of carbonyl (C=O) groups excluding carboxylic acids is 1. The van der Waals surface area contributed by atoms with Gasteiger partial charge in [0.15, 0.2) is 11.9 Å². The first kappa shape index (κ1) is 23.9. The molecule has 172 valence electrons. The lowest BCUT2D eigenvalue weighted by Crippen LogP contribution is -2.51. The van der Waals surface area contributed by atoms with Crippen LogP contribution in [0.25, 0.3) is 0 Å². The Morgan fingerprint density at radius 1 is 1.28 bits per heavy atom. The third-order valence-electron chi connectivity index (χ3n) is 5.89. The van der Waals surface area contributed by atoms with Gasteiger partial charge in [-0.25, -0.2) is 9.48 Å². The molecule has 0 spiro atoms. The molecule has 1 heterocycles. The Morgan fingerprint density at radius 3 is 2.59 bits per heavy atom. The molecule has 0 saturated heterocycles. The summed E-state index contributed by atoms with van der Waals surface area (Å²) in [6.45, 7) is 6.43. The number of aromatic nitrogens is 3. The zero-order chi connectivity index (χ0) is 23.1. The first-order valence-corrected chi connectivity index (χ1v) is 11.1. The fraction of sp³-hybridized carbons (Fsp3) is 0.542. The fourth-order valence-electron chi connectivity index (χ4n) is 4.41. The van der Waals surface area contributed by atoms with E-state index in [1.54, 1.807) is 6.92 Å². The molecule has 0 radical (unpaired) electrons. The van der Waals surface area contributed by atoms with Crippen LogP contribution in [0.15, 0.2) is 30.3 Å². The Hall–Kier alpha value is -2.76. The molecule has 0 amide bonds. The Morgan fingerprint density at radius 2 is 1.97 bits per heavy atom. The van der Waals surface area contributed by atoms with Gasteiger partial charge in [-0.05, 0) is 39.2 Å². The number of ether oxygens (including phenoxy) is 3. The number of esters is 1. The average Bonchev–Trinajstić information content (AvgIpc) is 3.20. The van der Waals surface area contributed by atoms with Crippen molar-refractivity contribution >= 4 is 5.97 Å². The summed E-state index contributed by atoms with van der Waals surface area (Å²) in [6.07, 6.45) is 7.97. The van der Waals surface area contributed by atoms with Crippen molar-refractivity contribution in [2.75, 3.05) is 13.2 Å². The second-order valence-electron chi connectivity index (χ2n) is 7.78. The van der Waals surface area contributed by atoms with E-state index in [0.717, 1.165) is 18.4 Å². The van der Waals surface area contributed by atoms with Gasteiger partial charge in [-0.3, -0.25) is 0 Å². The molecule has 1 fully saturated rings. The van der Waals surface area contributed by atoms with Gasteiger partial charge in [0, 0.05) is 19.6 Å². The quantitative estimate of drug-likeness (QED) is 0.329. The zero-order valence-corrected chi connectivity index (χ0v) is 18.8. The van der Waals surface area contributed by atoms with Crippen molar-refractivity contribution in [2.45, 2.75) is 64.4 Å². The van der Waals surface area contributed by atoms with E-state index < -0.39 is 29.8 Å². The highest BCUT2D eigenvalue weighted by Crippen LogP contribution is 2.41. The van der Waals surface area contributed by atoms with E-state index in [1.165, 1.54) is 4.68 Å². The highest BCUT2D eigenvalue weighted by Gasteiger charge is 2.48. The number of nitrogens with zero attached hydrogens (tertiary/aromatic N) is 3. The number of hydrogen-bond donors (Lipinski definition) is 0. The van der Waals surface area contributed by atoms with Crippen molar-refractivity contribution in [1.29, 1.82) is 0 Å². The van der Waals surface area contributed by atoms with Crippen LogP contribution in [0.4, 0.5) is 4.39 Å². The van der Waals surface area contributed by atoms with Crippen LogP contribution in [0, 0.1) is 24.2 Å². The monoisotopic (exact) mass is 443 g/mol. The van der Waals surface area contributed by atoms with Crippen molar-refractivity contribution in [3.8, 4) is 12.3 Å². The van der Waals surface area contributed by atoms with E-state index in [4.69, 9.17) is 20.6 Å². The summed E-state index contributed by atoms with van der Waals surface area (Å²) in [7, 11) is 0. The maximum Gasteiger partial charge on any atom is 0.362 e. The Bertz CT molecular complexity index is 929. The first-order valence-electron chi connectivity index (χ1n) is 11.1. The number of rotatable bonds is 9. The van der Waals surface area contributed by atoms with Gasteiger partial charge >= 0.3 is 5.97 Å². The predicted molar refractivity (Wildman–Crippen MR) is 116 cm³/mol. The summed E-state index contributed by atoms with van der Waals surface area (Å²) in [6, 6.07) is 8.89. The summed E-state index contributed by atoms with van der Waals surface area (Å²) < 4.78 is 33.4. The van der Waals surface area contributed by atoms with Gasteiger partial charge in [-0.15, -0.1) is 6.42 Å². The molecular weight excluding hydrogens is 413 g/mol. The van der Waals surface area contributed by atoms with E-state index in [-0.39, 0.29) is 11.6 Å². The molecule has 32 heavy (non-hydrogen) atoms. The molecule has 1 saturated carbocycles. The van der Waals surface area contributed by atoms with Gasteiger partial charge in [0.2, 0.25) is 5.69 Å². The minimum absolute atomic E-state index is 0.365. The molecule has 2 unspecified atom stereocenters. The van der Waals surface area contributed by atoms with Crippen LogP contribution in [-0.2, 0) is 14.2 Å². The molecule has 1 aliphatic carbocycles. The van der Waals surface area contributed by atoms with Gasteiger partial charge in [0.1, 0.15) is 0 Å². The SMILES string of the molecule is C#CC(OC(=O)c1c(F)nnn1[C@H](C)c1ccccc1)C1CCCCC1(OCC)OCC. The molecule has 2 aromatic rings. The van der Waals surface area contributed by atoms with Gasteiger partial charge in [-0.1, -0.05) is 53.0 Å². The molecule has 1 aromatic heterocycles. The molecule has 0 bridgehead atoms. The summed E-state index contributed by atoms with van der Waals surface area (Å²) >= 11 is 0. The number of hydrogen-bond acceptors (Lipinski definition) is 6. The summed E-state index contributed by atoms with van der Waals surface area (Å²) in [5.74, 6) is -0.661. The van der Waals surface area contributed by atoms with E-state index >= 15 is 0 Å². The standard InChI is InChI=1S/C24H30FN3O4/c1-5-20(19-15-11-12-16-24(19,30-6-2)31-7-3)32-23(29)21-22(25)26-27-28(21)17(4)18-13-9-8-10-14-18/h1,8-10,13-14,17,19-20H,6-7,11-12,15-16H2,2-4H3/t17-,19?,20?/m1/s1. The lowest BCUT2D eigenvalue weighted by molar-refractivity contribution is -0.286. The number of halogens is 1. The lowest BCUT2D eigenvalue weighted by Gasteiger charge is -2.44. The minimum atomic E-state index is -1.00. The van der Waals surface area contributed by atoms with Gasteiger partial charge in [0.25, 0.3) is 5.95 Å². The van der Waals surface area contributed by atoms with Crippen molar-refractivity contribution in [3.05, 3.63) is 47.5 Å². The summed E-state index contributed by atoms with van der Waals surface area (Å²) in [5, 5.41) is 7.30. The first-order chi connectivity index (χ1) is 15.5. The molecular formula is C24H30FN3O4. The van der Waals surface area contributed by atoms with Crippen LogP contribution in [0.3, 0.4) is 0 Å². The molecule has 0 N–H and O–H groups in total. The number of benzene rings is 1. The van der Waals surface area contributed by atoms with E-state index in [2.05, 4.69) is 16.2 Å². The Balaban J connectivity index is 1.87. The van der Waals surface area contributed by atoms with E-state index in [9.17, 15) is 9.18 Å². The maximum absolute atomic E-state index is 14.5. The molecule has 3 atom stereocenters. The second-order valence-corrected chi connectivity index (χ2v) is 7.78. The zero-order valence-electron chi connectivity index (χ0n) is 18.8. The highest BCUT2D eigenvalue weighted by atomic mass is 19.1. The minimum Gasteiger partial charge on any atom is -0.444 e. The average molecular weight is 444 g/mol. The Kier molecular flexibility index (Phi) is 7.99. The molecule has 1 aromatic carbocycles. The van der Waals surface area contributed by atoms with Crippen molar-refractivity contribution in [2.24, 2.45) is 5.92 Å². The lowest BCUT2D eigenvalue weighted by atomic mass is 9.79. The smallest absolute Gasteiger partial charge is 0.362 e. The molecule has 0 aliphatic heterocycles. The van der Waals surface area contributed by atoms with Crippen molar-refractivity contribution in [3.63, 3.8) is 0 Å². The van der Waals surface area contributed by atoms with E-state index in [0.29, 0.717) is 26.1 Å². The highest BCUT2D eigenvalue weighted by molar-refractivity contribution is 5.87. The number of carbonyl (C=O) groups is 1. The van der Waals surface area contributed by atoms with Crippen LogP contribution in [-0.4, -0.2) is 46.1 Å². The largest absolute Gasteiger partial charge is 0.444 e. The van der Waals surface area contributed by atoms with E-state index in [1.807, 2.05) is 44.2 Å². The van der Waals surface area contributed by atoms with Crippen LogP contribution in [0.1, 0.15) is 68.5 Å². The summed E-state index contributed by atoms with van der Waals surface area (Å²) in [5.41, 5.74) is 0.481. The third-order valence-corrected chi connectivity index (χ3v) is 5.89. The van der Waals surface area contributed by atoms with Crippen molar-refractivity contribution in [1.82, 2.24) is 15.0 Å². The van der Waals surface area contributed by atoms with Gasteiger partial charge in [-0.2, -0.15) is 4.39 Å². The Labute approximate surface area is 188 Å². The molecule has 3 rings (SSSR count). The van der Waals surface area contributed by atoms with Gasteiger partial charge in [0.05, 0.1) is 12.0 Å². The predicted octanol–water partition coefficient (Wildman–Crippen LogP) is 4.14. The van der Waals surface area contributed by atoms with Crippen molar-refractivity contribution < 1.29 is 23.4 Å².